The predicted octanol–water partition coefficient (Wildman–Crippen LogP) is 4.92. The summed E-state index contributed by atoms with van der Waals surface area (Å²) in [6, 6.07) is 16.8. The number of ether oxygens (including phenoxy) is 3. The van der Waals surface area contributed by atoms with Gasteiger partial charge in [0, 0.05) is 43.0 Å². The van der Waals surface area contributed by atoms with E-state index < -0.39 is 0 Å². The number of nitrogens with one attached hydrogen (secondary N) is 1. The number of aromatic hydroxyl groups is 1. The van der Waals surface area contributed by atoms with Gasteiger partial charge in [0.05, 0.1) is 12.6 Å². The van der Waals surface area contributed by atoms with E-state index in [0.717, 1.165) is 47.7 Å². The van der Waals surface area contributed by atoms with Crippen molar-refractivity contribution in [3.05, 3.63) is 81.9 Å². The van der Waals surface area contributed by atoms with E-state index in [2.05, 4.69) is 10.2 Å². The molecule has 1 saturated heterocycles. The minimum atomic E-state index is -0.325. The summed E-state index contributed by atoms with van der Waals surface area (Å²) in [5.74, 6) is 0.473. The highest BCUT2D eigenvalue weighted by atomic mass is 35.5. The summed E-state index contributed by atoms with van der Waals surface area (Å²) in [6.45, 7) is 3.74. The molecule has 39 heavy (non-hydrogen) atoms. The maximum Gasteiger partial charge on any atom is 0.262 e. The van der Waals surface area contributed by atoms with Gasteiger partial charge in [-0.3, -0.25) is 4.79 Å². The van der Waals surface area contributed by atoms with E-state index >= 15 is 0 Å². The highest BCUT2D eigenvalue weighted by molar-refractivity contribution is 6.31. The number of hydrogen-bond acceptors (Lipinski definition) is 7. The molecule has 2 aliphatic rings. The van der Waals surface area contributed by atoms with Crippen LogP contribution in [0.3, 0.4) is 0 Å². The van der Waals surface area contributed by atoms with Crippen molar-refractivity contribution in [3.63, 3.8) is 0 Å². The Morgan fingerprint density at radius 3 is 2.72 bits per heavy atom. The molecule has 0 saturated carbocycles. The van der Waals surface area contributed by atoms with Crippen LogP contribution < -0.4 is 14.8 Å². The quantitative estimate of drug-likeness (QED) is 0.370. The highest BCUT2D eigenvalue weighted by Gasteiger charge is 2.32. The molecule has 0 radical (unpaired) electrons. The van der Waals surface area contributed by atoms with Crippen LogP contribution in [0.2, 0.25) is 5.02 Å². The second-order valence-electron chi connectivity index (χ2n) is 10.2. The fourth-order valence-corrected chi connectivity index (χ4v) is 5.05. The highest BCUT2D eigenvalue weighted by Crippen LogP contribution is 2.39. The number of carbonyl (C=O) groups excluding carboxylic acids is 1. The largest absolute Gasteiger partial charge is 0.507 e. The van der Waals surface area contributed by atoms with Crippen molar-refractivity contribution in [1.29, 1.82) is 0 Å². The van der Waals surface area contributed by atoms with Crippen LogP contribution in [0, 0.1) is 0 Å². The molecule has 3 aromatic carbocycles. The minimum absolute atomic E-state index is 0.101. The lowest BCUT2D eigenvalue weighted by Crippen LogP contribution is -2.26. The number of carbonyl (C=O) groups is 1. The lowest BCUT2D eigenvalue weighted by Gasteiger charge is -2.20. The second-order valence-corrected chi connectivity index (χ2v) is 10.6. The summed E-state index contributed by atoms with van der Waals surface area (Å²) in [4.78, 5) is 17.6. The lowest BCUT2D eigenvalue weighted by molar-refractivity contribution is 0.0743. The number of phenols is 1. The average Bonchev–Trinajstić information content (AvgIpc) is 3.57. The van der Waals surface area contributed by atoms with Crippen molar-refractivity contribution in [3.8, 4) is 17.2 Å². The van der Waals surface area contributed by atoms with Crippen LogP contribution in [0.5, 0.6) is 17.2 Å². The van der Waals surface area contributed by atoms with Crippen molar-refractivity contribution < 1.29 is 24.1 Å². The number of amides is 1. The Labute approximate surface area is 234 Å². The van der Waals surface area contributed by atoms with Crippen molar-refractivity contribution >= 4 is 23.2 Å². The van der Waals surface area contributed by atoms with E-state index in [9.17, 15) is 9.90 Å². The molecular formula is C30H34ClN3O5. The van der Waals surface area contributed by atoms with Crippen LogP contribution in [-0.2, 0) is 24.4 Å². The SMILES string of the molecule is CN(C)CCOc1cc2c(c(N[C@H]3CCOC3)c1)CN(C(=O)c1c(O)cc(Cl)cc1OCc1ccccc1)C2. The van der Waals surface area contributed by atoms with Gasteiger partial charge in [-0.05, 0) is 55.4 Å². The Kier molecular flexibility index (Phi) is 8.45. The first kappa shape index (κ1) is 27.1. The first-order valence-electron chi connectivity index (χ1n) is 13.1. The minimum Gasteiger partial charge on any atom is -0.507 e. The average molecular weight is 552 g/mol. The number of fused-ring (bicyclic) bond motifs is 1. The smallest absolute Gasteiger partial charge is 0.262 e. The first-order valence-corrected chi connectivity index (χ1v) is 13.5. The summed E-state index contributed by atoms with van der Waals surface area (Å²) >= 11 is 6.22. The molecule has 2 aliphatic heterocycles. The molecule has 206 valence electrons. The predicted molar refractivity (Wildman–Crippen MR) is 151 cm³/mol. The van der Waals surface area contributed by atoms with Crippen LogP contribution >= 0.6 is 11.6 Å². The molecule has 0 bridgehead atoms. The van der Waals surface area contributed by atoms with Gasteiger partial charge in [0.25, 0.3) is 5.91 Å². The summed E-state index contributed by atoms with van der Waals surface area (Å²) in [7, 11) is 4.01. The van der Waals surface area contributed by atoms with E-state index in [-0.39, 0.29) is 35.6 Å². The van der Waals surface area contributed by atoms with Crippen LogP contribution in [0.15, 0.2) is 54.6 Å². The van der Waals surface area contributed by atoms with E-state index in [1.807, 2.05) is 56.6 Å². The van der Waals surface area contributed by atoms with Gasteiger partial charge in [-0.1, -0.05) is 41.9 Å². The topological polar surface area (TPSA) is 83.5 Å². The van der Waals surface area contributed by atoms with Gasteiger partial charge in [-0.25, -0.2) is 0 Å². The van der Waals surface area contributed by atoms with Crippen molar-refractivity contribution in [2.24, 2.45) is 0 Å². The van der Waals surface area contributed by atoms with E-state index in [4.69, 9.17) is 25.8 Å². The van der Waals surface area contributed by atoms with Crippen LogP contribution in [0.1, 0.15) is 33.5 Å². The zero-order valence-corrected chi connectivity index (χ0v) is 23.0. The number of benzene rings is 3. The molecule has 2 heterocycles. The van der Waals surface area contributed by atoms with Crippen LogP contribution in [0.4, 0.5) is 5.69 Å². The zero-order valence-electron chi connectivity index (χ0n) is 22.3. The Bertz CT molecular complexity index is 1310. The Hall–Kier alpha value is -3.46. The van der Waals surface area contributed by atoms with Crippen molar-refractivity contribution in [2.45, 2.75) is 32.2 Å². The number of anilines is 1. The van der Waals surface area contributed by atoms with Gasteiger partial charge in [-0.15, -0.1) is 0 Å². The molecule has 8 nitrogen and oxygen atoms in total. The van der Waals surface area contributed by atoms with Gasteiger partial charge in [0.15, 0.2) is 0 Å². The Morgan fingerprint density at radius 2 is 1.97 bits per heavy atom. The molecule has 9 heteroatoms. The molecule has 3 aromatic rings. The molecule has 2 N–H and O–H groups in total. The van der Waals surface area contributed by atoms with Gasteiger partial charge in [-0.2, -0.15) is 0 Å². The number of rotatable bonds is 10. The number of phenolic OH excluding ortho intramolecular Hbond substituents is 1. The lowest BCUT2D eigenvalue weighted by atomic mass is 10.1. The number of hydrogen-bond donors (Lipinski definition) is 2. The molecule has 5 rings (SSSR count). The van der Waals surface area contributed by atoms with Crippen molar-refractivity contribution in [2.75, 3.05) is 45.8 Å². The monoisotopic (exact) mass is 551 g/mol. The molecule has 1 atom stereocenters. The normalized spacial score (nSPS) is 16.4. The summed E-state index contributed by atoms with van der Waals surface area (Å²) in [5.41, 5.74) is 4.03. The zero-order chi connectivity index (χ0) is 27.4. The van der Waals surface area contributed by atoms with Gasteiger partial charge < -0.3 is 34.4 Å². The first-order chi connectivity index (χ1) is 18.9. The van der Waals surface area contributed by atoms with Crippen molar-refractivity contribution in [1.82, 2.24) is 9.80 Å². The third kappa shape index (κ3) is 6.58. The third-order valence-electron chi connectivity index (χ3n) is 6.91. The second kappa shape index (κ2) is 12.2. The van der Waals surface area contributed by atoms with Crippen LogP contribution in [-0.4, -0.2) is 67.3 Å². The van der Waals surface area contributed by atoms with Crippen LogP contribution in [0.25, 0.3) is 0 Å². The Morgan fingerprint density at radius 1 is 1.15 bits per heavy atom. The fraction of sp³-hybridized carbons (Fsp3) is 0.367. The molecule has 0 spiro atoms. The molecule has 1 amide bonds. The summed E-state index contributed by atoms with van der Waals surface area (Å²) in [5, 5.41) is 14.7. The summed E-state index contributed by atoms with van der Waals surface area (Å²) in [6.07, 6.45) is 0.921. The third-order valence-corrected chi connectivity index (χ3v) is 7.13. The van der Waals surface area contributed by atoms with Gasteiger partial charge in [0.2, 0.25) is 0 Å². The van der Waals surface area contributed by atoms with E-state index in [0.29, 0.717) is 31.3 Å². The molecule has 1 fully saturated rings. The number of likely N-dealkylation sites (N-methyl/N-ethyl adjacent to an activating group) is 1. The van der Waals surface area contributed by atoms with Gasteiger partial charge >= 0.3 is 0 Å². The standard InChI is InChI=1S/C30H34ClN3O5/c1-33(2)9-11-38-24-12-21-16-34(17-25(21)26(15-24)32-23-8-10-37-19-23)30(36)29-27(35)13-22(31)14-28(29)39-18-20-6-4-3-5-7-20/h3-7,12-15,23,32,35H,8-11,16-19H2,1-2H3/t23-/m0/s1. The van der Waals surface area contributed by atoms with E-state index in [1.165, 1.54) is 6.07 Å². The number of nitrogens with zero attached hydrogens (tertiary/aromatic N) is 2. The maximum atomic E-state index is 13.8. The molecule has 0 unspecified atom stereocenters. The maximum absolute atomic E-state index is 13.8. The van der Waals surface area contributed by atoms with E-state index in [1.54, 1.807) is 11.0 Å². The molecule has 0 aliphatic carbocycles. The van der Waals surface area contributed by atoms with Gasteiger partial charge in [0.1, 0.15) is 36.0 Å². The molecular weight excluding hydrogens is 518 g/mol. The Balaban J connectivity index is 1.39. The molecule has 0 aromatic heterocycles. The fourth-order valence-electron chi connectivity index (χ4n) is 4.84. The number of halogens is 1. The summed E-state index contributed by atoms with van der Waals surface area (Å²) < 4.78 is 17.6.